The molecule has 0 aromatic heterocycles. The Hall–Kier alpha value is -1.00. The first kappa shape index (κ1) is 17.1. The zero-order valence-electron chi connectivity index (χ0n) is 13.0. The monoisotopic (exact) mass is 285 g/mol. The average Bonchev–Trinajstić information content (AvgIpc) is 2.36. The molecule has 1 aromatic carbocycles. The highest BCUT2D eigenvalue weighted by atomic mass is 19.2. The lowest BCUT2D eigenvalue weighted by Crippen LogP contribution is -2.41. The Kier molecular flexibility index (Phi) is 6.08. The lowest BCUT2D eigenvalue weighted by molar-refractivity contribution is -0.0120. The molecule has 0 aliphatic heterocycles. The van der Waals surface area contributed by atoms with Gasteiger partial charge in [0.1, 0.15) is 0 Å². The van der Waals surface area contributed by atoms with E-state index < -0.39 is 11.6 Å². The fourth-order valence-corrected chi connectivity index (χ4v) is 2.39. The van der Waals surface area contributed by atoms with Gasteiger partial charge < -0.3 is 10.1 Å². The van der Waals surface area contributed by atoms with Gasteiger partial charge in [0.25, 0.3) is 0 Å². The van der Waals surface area contributed by atoms with Crippen molar-refractivity contribution in [2.75, 3.05) is 13.7 Å². The highest BCUT2D eigenvalue weighted by Gasteiger charge is 2.33. The first-order valence-electron chi connectivity index (χ1n) is 7.02. The number of halogens is 2. The van der Waals surface area contributed by atoms with Crippen LogP contribution in [0.5, 0.6) is 0 Å². The molecule has 0 heterocycles. The highest BCUT2D eigenvalue weighted by molar-refractivity contribution is 5.23. The number of benzene rings is 1. The van der Waals surface area contributed by atoms with Crippen molar-refractivity contribution in [1.82, 2.24) is 5.32 Å². The van der Waals surface area contributed by atoms with Crippen molar-refractivity contribution in [2.24, 2.45) is 5.41 Å². The van der Waals surface area contributed by atoms with Crippen LogP contribution < -0.4 is 5.32 Å². The maximum atomic E-state index is 13.5. The lowest BCUT2D eigenvalue weighted by atomic mass is 9.82. The lowest BCUT2D eigenvalue weighted by Gasteiger charge is -2.37. The van der Waals surface area contributed by atoms with E-state index in [0.29, 0.717) is 5.56 Å². The summed E-state index contributed by atoms with van der Waals surface area (Å²) in [7, 11) is 1.65. The average molecular weight is 285 g/mol. The van der Waals surface area contributed by atoms with E-state index in [1.807, 2.05) is 0 Å². The molecule has 0 bridgehead atoms. The third kappa shape index (κ3) is 4.25. The van der Waals surface area contributed by atoms with Gasteiger partial charge in [-0.3, -0.25) is 0 Å². The summed E-state index contributed by atoms with van der Waals surface area (Å²) in [6.07, 6.45) is 0.819. The first-order chi connectivity index (χ1) is 9.31. The zero-order valence-corrected chi connectivity index (χ0v) is 13.0. The second-order valence-corrected chi connectivity index (χ2v) is 6.13. The Morgan fingerprint density at radius 3 is 2.30 bits per heavy atom. The molecule has 2 nitrogen and oxygen atoms in total. The molecule has 1 rings (SSSR count). The van der Waals surface area contributed by atoms with E-state index in [0.717, 1.165) is 13.0 Å². The van der Waals surface area contributed by atoms with Crippen molar-refractivity contribution in [2.45, 2.75) is 46.3 Å². The topological polar surface area (TPSA) is 21.3 Å². The molecule has 0 saturated carbocycles. The summed E-state index contributed by atoms with van der Waals surface area (Å²) in [5.74, 6) is -1.65. The molecular weight excluding hydrogens is 260 g/mol. The summed E-state index contributed by atoms with van der Waals surface area (Å²) >= 11 is 0. The molecule has 0 saturated heterocycles. The SMILES string of the molecule is CCCNC(c1ccc(F)c(F)c1)C(OC)C(C)(C)C. The van der Waals surface area contributed by atoms with Crippen molar-refractivity contribution in [1.29, 1.82) is 0 Å². The fraction of sp³-hybridized carbons (Fsp3) is 0.625. The summed E-state index contributed by atoms with van der Waals surface area (Å²) in [6.45, 7) is 9.07. The van der Waals surface area contributed by atoms with Crippen molar-refractivity contribution in [3.05, 3.63) is 35.4 Å². The van der Waals surface area contributed by atoms with E-state index in [-0.39, 0.29) is 17.6 Å². The Morgan fingerprint density at radius 1 is 1.20 bits per heavy atom. The van der Waals surface area contributed by atoms with Gasteiger partial charge in [-0.2, -0.15) is 0 Å². The summed E-state index contributed by atoms with van der Waals surface area (Å²) in [5.41, 5.74) is 0.588. The standard InChI is InChI=1S/C16H25F2NO/c1-6-9-19-14(15(20-5)16(2,3)4)11-7-8-12(17)13(18)10-11/h7-8,10,14-15,19H,6,9H2,1-5H3. The smallest absolute Gasteiger partial charge is 0.159 e. The van der Waals surface area contributed by atoms with Crippen LogP contribution in [0.3, 0.4) is 0 Å². The molecule has 20 heavy (non-hydrogen) atoms. The molecule has 0 radical (unpaired) electrons. The van der Waals surface area contributed by atoms with E-state index in [2.05, 4.69) is 33.0 Å². The first-order valence-corrected chi connectivity index (χ1v) is 7.02. The minimum atomic E-state index is -0.826. The third-order valence-electron chi connectivity index (χ3n) is 3.33. The van der Waals surface area contributed by atoms with Gasteiger partial charge in [0.15, 0.2) is 11.6 Å². The van der Waals surface area contributed by atoms with Gasteiger partial charge >= 0.3 is 0 Å². The van der Waals surface area contributed by atoms with Gasteiger partial charge in [-0.05, 0) is 36.1 Å². The molecule has 0 aliphatic carbocycles. The van der Waals surface area contributed by atoms with E-state index in [1.54, 1.807) is 13.2 Å². The van der Waals surface area contributed by atoms with Gasteiger partial charge in [-0.15, -0.1) is 0 Å². The molecule has 0 aliphatic rings. The summed E-state index contributed by atoms with van der Waals surface area (Å²) in [4.78, 5) is 0. The number of hydrogen-bond acceptors (Lipinski definition) is 2. The Bertz CT molecular complexity index is 429. The number of ether oxygens (including phenoxy) is 1. The molecule has 2 unspecified atom stereocenters. The van der Waals surface area contributed by atoms with Gasteiger partial charge in [0, 0.05) is 7.11 Å². The Balaban J connectivity index is 3.12. The van der Waals surface area contributed by atoms with Crippen LogP contribution in [0.4, 0.5) is 8.78 Å². The fourth-order valence-electron chi connectivity index (χ4n) is 2.39. The minimum absolute atomic E-state index is 0.120. The molecular formula is C16H25F2NO. The predicted octanol–water partition coefficient (Wildman–Crippen LogP) is 4.07. The quantitative estimate of drug-likeness (QED) is 0.851. The third-order valence-corrected chi connectivity index (χ3v) is 3.33. The van der Waals surface area contributed by atoms with Gasteiger partial charge in [-0.25, -0.2) is 8.78 Å². The van der Waals surface area contributed by atoms with Crippen LogP contribution in [0, 0.1) is 17.0 Å². The highest BCUT2D eigenvalue weighted by Crippen LogP contribution is 2.33. The summed E-state index contributed by atoms with van der Waals surface area (Å²) in [5, 5.41) is 3.38. The number of methoxy groups -OCH3 is 1. The summed E-state index contributed by atoms with van der Waals surface area (Å²) < 4.78 is 32.2. The molecule has 0 amide bonds. The van der Waals surface area contributed by atoms with Crippen LogP contribution in [0.15, 0.2) is 18.2 Å². The summed E-state index contributed by atoms with van der Waals surface area (Å²) in [6, 6.07) is 3.86. The van der Waals surface area contributed by atoms with Crippen LogP contribution in [-0.4, -0.2) is 19.8 Å². The molecule has 2 atom stereocenters. The van der Waals surface area contributed by atoms with Crippen molar-refractivity contribution in [3.8, 4) is 0 Å². The van der Waals surface area contributed by atoms with Crippen LogP contribution >= 0.6 is 0 Å². The molecule has 114 valence electrons. The maximum absolute atomic E-state index is 13.5. The molecule has 1 N–H and O–H groups in total. The largest absolute Gasteiger partial charge is 0.379 e. The molecule has 1 aromatic rings. The van der Waals surface area contributed by atoms with Crippen LogP contribution in [-0.2, 0) is 4.74 Å². The van der Waals surface area contributed by atoms with Crippen molar-refractivity contribution < 1.29 is 13.5 Å². The Labute approximate surface area is 120 Å². The molecule has 0 fully saturated rings. The number of hydrogen-bond donors (Lipinski definition) is 1. The minimum Gasteiger partial charge on any atom is -0.379 e. The van der Waals surface area contributed by atoms with E-state index in [4.69, 9.17) is 4.74 Å². The van der Waals surface area contributed by atoms with E-state index >= 15 is 0 Å². The van der Waals surface area contributed by atoms with Crippen LogP contribution in [0.2, 0.25) is 0 Å². The van der Waals surface area contributed by atoms with Gasteiger partial charge in [0.05, 0.1) is 12.1 Å². The van der Waals surface area contributed by atoms with E-state index in [9.17, 15) is 8.78 Å². The number of rotatable bonds is 6. The van der Waals surface area contributed by atoms with Gasteiger partial charge in [0.2, 0.25) is 0 Å². The van der Waals surface area contributed by atoms with Crippen molar-refractivity contribution in [3.63, 3.8) is 0 Å². The Morgan fingerprint density at radius 2 is 1.85 bits per heavy atom. The number of nitrogens with one attached hydrogen (secondary N) is 1. The molecule has 0 spiro atoms. The van der Waals surface area contributed by atoms with Crippen LogP contribution in [0.25, 0.3) is 0 Å². The molecule has 4 heteroatoms. The normalized spacial score (nSPS) is 15.2. The maximum Gasteiger partial charge on any atom is 0.159 e. The van der Waals surface area contributed by atoms with Crippen molar-refractivity contribution >= 4 is 0 Å². The van der Waals surface area contributed by atoms with E-state index in [1.165, 1.54) is 12.1 Å². The second kappa shape index (κ2) is 7.14. The zero-order chi connectivity index (χ0) is 15.3. The van der Waals surface area contributed by atoms with Gasteiger partial charge in [-0.1, -0.05) is 33.8 Å². The second-order valence-electron chi connectivity index (χ2n) is 6.13. The predicted molar refractivity (Wildman–Crippen MR) is 77.6 cm³/mol. The van der Waals surface area contributed by atoms with Crippen LogP contribution in [0.1, 0.15) is 45.7 Å².